The third-order valence-corrected chi connectivity index (χ3v) is 8.14. The van der Waals surface area contributed by atoms with E-state index < -0.39 is 17.9 Å². The molecule has 9 nitrogen and oxygen atoms in total. The van der Waals surface area contributed by atoms with E-state index in [4.69, 9.17) is 9.52 Å². The van der Waals surface area contributed by atoms with E-state index in [0.29, 0.717) is 13.0 Å². The van der Waals surface area contributed by atoms with Crippen LogP contribution < -0.4 is 4.90 Å². The van der Waals surface area contributed by atoms with Crippen molar-refractivity contribution in [2.45, 2.75) is 25.9 Å². The number of anilines is 1. The van der Waals surface area contributed by atoms with Crippen molar-refractivity contribution in [2.75, 3.05) is 37.6 Å². The van der Waals surface area contributed by atoms with Crippen LogP contribution in [0.15, 0.2) is 58.7 Å². The number of carboxylic acids is 2. The normalized spacial score (nSPS) is 19.5. The van der Waals surface area contributed by atoms with Gasteiger partial charge in [0.2, 0.25) is 5.91 Å². The van der Waals surface area contributed by atoms with Gasteiger partial charge in [-0.2, -0.15) is 0 Å². The van der Waals surface area contributed by atoms with Gasteiger partial charge < -0.3 is 24.4 Å². The van der Waals surface area contributed by atoms with Crippen molar-refractivity contribution in [1.29, 1.82) is 0 Å². The number of piperidine rings is 1. The second kappa shape index (κ2) is 10.8. The van der Waals surface area contributed by atoms with Crippen LogP contribution in [0.25, 0.3) is 11.0 Å². The monoisotopic (exact) mass is 523 g/mol. The first kappa shape index (κ1) is 25.0. The van der Waals surface area contributed by atoms with E-state index in [2.05, 4.69) is 34.1 Å². The summed E-state index contributed by atoms with van der Waals surface area (Å²) >= 11 is 1.66. The predicted molar refractivity (Wildman–Crippen MR) is 140 cm³/mol. The minimum Gasteiger partial charge on any atom is -0.478 e. The Kier molecular flexibility index (Phi) is 7.29. The van der Waals surface area contributed by atoms with Gasteiger partial charge in [0.25, 0.3) is 0 Å². The van der Waals surface area contributed by atoms with Crippen molar-refractivity contribution in [3.05, 3.63) is 64.1 Å². The van der Waals surface area contributed by atoms with E-state index in [9.17, 15) is 19.5 Å². The first-order valence-electron chi connectivity index (χ1n) is 12.3. The van der Waals surface area contributed by atoms with Gasteiger partial charge in [0, 0.05) is 78.4 Å². The fraction of sp³-hybridized carbons (Fsp3) is 0.370. The fourth-order valence-corrected chi connectivity index (χ4v) is 6.26. The van der Waals surface area contributed by atoms with Crippen LogP contribution in [0.1, 0.15) is 22.6 Å². The number of benzene rings is 1. The van der Waals surface area contributed by atoms with Crippen LogP contribution >= 0.6 is 11.3 Å². The highest BCUT2D eigenvalue weighted by Gasteiger charge is 2.31. The molecule has 2 aliphatic rings. The molecule has 2 aromatic heterocycles. The Morgan fingerprint density at radius 1 is 1.03 bits per heavy atom. The molecular weight excluding hydrogens is 494 g/mol. The summed E-state index contributed by atoms with van der Waals surface area (Å²) in [5, 5.41) is 19.6. The van der Waals surface area contributed by atoms with E-state index in [1.54, 1.807) is 22.5 Å². The highest BCUT2D eigenvalue weighted by molar-refractivity contribution is 7.11. The van der Waals surface area contributed by atoms with Gasteiger partial charge in [-0.3, -0.25) is 9.69 Å². The number of rotatable bonds is 8. The summed E-state index contributed by atoms with van der Waals surface area (Å²) in [5.41, 5.74) is 1.91. The summed E-state index contributed by atoms with van der Waals surface area (Å²) in [4.78, 5) is 43.8. The summed E-state index contributed by atoms with van der Waals surface area (Å²) in [6.07, 6.45) is 3.03. The van der Waals surface area contributed by atoms with E-state index in [1.165, 1.54) is 4.88 Å². The van der Waals surface area contributed by atoms with Crippen LogP contribution in [0.3, 0.4) is 0 Å². The molecule has 1 unspecified atom stereocenters. The number of thiophene rings is 1. The van der Waals surface area contributed by atoms with Gasteiger partial charge in [0.15, 0.2) is 5.58 Å². The Balaban J connectivity index is 1.17. The Labute approximate surface area is 218 Å². The third kappa shape index (κ3) is 5.70. The number of piperazine rings is 1. The summed E-state index contributed by atoms with van der Waals surface area (Å²) in [5.74, 6) is -3.06. The Morgan fingerprint density at radius 2 is 1.78 bits per heavy atom. The molecule has 2 N–H and O–H groups in total. The molecule has 0 spiro atoms. The molecule has 2 saturated heterocycles. The van der Waals surface area contributed by atoms with Gasteiger partial charge in [-0.05, 0) is 30.7 Å². The number of fused-ring (bicyclic) bond motifs is 1. The quantitative estimate of drug-likeness (QED) is 0.430. The molecule has 0 saturated carbocycles. The summed E-state index contributed by atoms with van der Waals surface area (Å²) in [6, 6.07) is 12.3. The number of amides is 1. The molecule has 0 bridgehead atoms. The molecule has 2 fully saturated rings. The van der Waals surface area contributed by atoms with Crippen LogP contribution in [-0.2, 0) is 27.5 Å². The minimum atomic E-state index is -1.29. The largest absolute Gasteiger partial charge is 0.478 e. The number of hydrogen-bond donors (Lipinski definition) is 2. The number of para-hydroxylation sites is 1. The number of hydrogen-bond acceptors (Lipinski definition) is 7. The van der Waals surface area contributed by atoms with Crippen LogP contribution in [0.4, 0.5) is 5.69 Å². The maximum absolute atomic E-state index is 12.5. The average molecular weight is 524 g/mol. The molecule has 3 aromatic rings. The Morgan fingerprint density at radius 3 is 2.51 bits per heavy atom. The Bertz CT molecular complexity index is 1340. The molecule has 2 aliphatic heterocycles. The van der Waals surface area contributed by atoms with Gasteiger partial charge in [0.1, 0.15) is 0 Å². The number of carboxylic acid groups (broad SMARTS) is 2. The lowest BCUT2D eigenvalue weighted by Gasteiger charge is -2.35. The molecular formula is C27H29N3O6S. The molecule has 37 heavy (non-hydrogen) atoms. The lowest BCUT2D eigenvalue weighted by atomic mass is 9.89. The zero-order valence-corrected chi connectivity index (χ0v) is 21.2. The topological polar surface area (TPSA) is 115 Å². The smallest absolute Gasteiger partial charge is 0.332 e. The number of carbonyl (C=O) groups excluding carboxylic acids is 1. The third-order valence-electron chi connectivity index (χ3n) is 7.08. The van der Waals surface area contributed by atoms with Crippen LogP contribution in [0.5, 0.6) is 0 Å². The van der Waals surface area contributed by atoms with Crippen LogP contribution in [0.2, 0.25) is 0 Å². The maximum atomic E-state index is 12.5. The number of furan rings is 1. The summed E-state index contributed by atoms with van der Waals surface area (Å²) < 4.78 is 5.71. The van der Waals surface area contributed by atoms with E-state index in [1.807, 2.05) is 12.1 Å². The molecule has 194 valence electrons. The van der Waals surface area contributed by atoms with Crippen molar-refractivity contribution in [3.63, 3.8) is 0 Å². The van der Waals surface area contributed by atoms with Gasteiger partial charge >= 0.3 is 11.9 Å². The molecule has 0 aliphatic carbocycles. The highest BCUT2D eigenvalue weighted by atomic mass is 32.1. The van der Waals surface area contributed by atoms with E-state index in [0.717, 1.165) is 60.3 Å². The molecule has 1 aromatic carbocycles. The first-order valence-corrected chi connectivity index (χ1v) is 13.2. The molecule has 5 rings (SSSR count). The van der Waals surface area contributed by atoms with Crippen molar-refractivity contribution in [3.8, 4) is 0 Å². The van der Waals surface area contributed by atoms with Crippen LogP contribution in [0, 0.1) is 5.92 Å². The number of carbonyl (C=O) groups is 3. The maximum Gasteiger partial charge on any atom is 0.332 e. The van der Waals surface area contributed by atoms with Gasteiger partial charge in [-0.1, -0.05) is 12.1 Å². The zero-order chi connectivity index (χ0) is 25.9. The fourth-order valence-electron chi connectivity index (χ4n) is 5.18. The van der Waals surface area contributed by atoms with Crippen LogP contribution in [-0.4, -0.2) is 70.6 Å². The Hall–Kier alpha value is -3.63. The van der Waals surface area contributed by atoms with Crippen molar-refractivity contribution >= 4 is 45.8 Å². The molecule has 4 heterocycles. The molecule has 10 heteroatoms. The number of nitrogens with zero attached hydrogens (tertiary/aromatic N) is 3. The predicted octanol–water partition coefficient (Wildman–Crippen LogP) is 3.65. The number of aliphatic carboxylic acids is 2. The van der Waals surface area contributed by atoms with E-state index >= 15 is 0 Å². The van der Waals surface area contributed by atoms with Gasteiger partial charge in [-0.15, -0.1) is 11.3 Å². The lowest BCUT2D eigenvalue weighted by molar-refractivity contribution is -0.138. The first-order chi connectivity index (χ1) is 17.9. The minimum absolute atomic E-state index is 0.0334. The summed E-state index contributed by atoms with van der Waals surface area (Å²) in [6.45, 7) is 5.15. The number of likely N-dealkylation sites (tertiary alicyclic amines) is 1. The van der Waals surface area contributed by atoms with Crippen molar-refractivity contribution in [2.24, 2.45) is 5.92 Å². The standard InChI is InChI=1S/C27H29N3O6S/c31-24-7-4-19(22(27(34)35)14-25(32)33)15-30(24)17-21-6-5-20(37-21)16-28-9-11-29(12-10-28)23-3-1-2-18-8-13-36-26(18)23/h1-3,5-6,8,13-14,19H,4,7,9-12,15-17H2,(H,32,33)(H,34,35). The van der Waals surface area contributed by atoms with Crippen molar-refractivity contribution < 1.29 is 29.0 Å². The summed E-state index contributed by atoms with van der Waals surface area (Å²) in [7, 11) is 0. The van der Waals surface area contributed by atoms with Crippen molar-refractivity contribution in [1.82, 2.24) is 9.80 Å². The molecule has 0 radical (unpaired) electrons. The average Bonchev–Trinajstić information content (AvgIpc) is 3.53. The second-order valence-electron chi connectivity index (χ2n) is 9.50. The van der Waals surface area contributed by atoms with Gasteiger partial charge in [0.05, 0.1) is 18.5 Å². The van der Waals surface area contributed by atoms with E-state index in [-0.39, 0.29) is 24.4 Å². The second-order valence-corrected chi connectivity index (χ2v) is 10.8. The SMILES string of the molecule is O=C(O)C=C(C(=O)O)C1CCC(=O)N(Cc2ccc(CN3CCN(c4cccc5ccoc45)CC3)s2)C1. The van der Waals surface area contributed by atoms with Gasteiger partial charge in [-0.25, -0.2) is 9.59 Å². The lowest BCUT2D eigenvalue weighted by Crippen LogP contribution is -2.45. The highest BCUT2D eigenvalue weighted by Crippen LogP contribution is 2.30. The molecule has 1 amide bonds. The zero-order valence-electron chi connectivity index (χ0n) is 20.3. The molecule has 1 atom stereocenters.